The standard InChI is InChI=1S/C20H24ClN5O3/c1-22-18(29)20-6-10(20)14(15(27)16(20)28)26-8-24-13-11(2-12(21)25-17(13)26)23-7-19-3-9(4-19)5-19/h2,8-10,14-16,27-28H,3-7H2,1H3,(H,22,29)(H,23,25)/t9?,10-,14-,15+,16+,19?,20?/m1/s1. The van der Waals surface area contributed by atoms with Gasteiger partial charge in [-0.25, -0.2) is 9.97 Å². The van der Waals surface area contributed by atoms with Gasteiger partial charge >= 0.3 is 0 Å². The summed E-state index contributed by atoms with van der Waals surface area (Å²) in [6.07, 6.45) is 3.88. The maximum atomic E-state index is 12.4. The van der Waals surface area contributed by atoms with Gasteiger partial charge in [-0.1, -0.05) is 11.6 Å². The lowest BCUT2D eigenvalue weighted by molar-refractivity contribution is -0.132. The van der Waals surface area contributed by atoms with Crippen LogP contribution in [0.5, 0.6) is 0 Å². The Bertz CT molecular complexity index is 1020. The predicted octanol–water partition coefficient (Wildman–Crippen LogP) is 1.33. The molecule has 154 valence electrons. The molecule has 7 rings (SSSR count). The Kier molecular flexibility index (Phi) is 3.47. The van der Waals surface area contributed by atoms with E-state index in [0.29, 0.717) is 28.2 Å². The van der Waals surface area contributed by atoms with Gasteiger partial charge in [-0.15, -0.1) is 0 Å². The topological polar surface area (TPSA) is 112 Å². The lowest BCUT2D eigenvalue weighted by Gasteiger charge is -2.62. The Morgan fingerprint density at radius 2 is 2.10 bits per heavy atom. The number of nitrogens with one attached hydrogen (secondary N) is 2. The number of carbonyl (C=O) groups excluding carboxylic acids is 1. The molecule has 5 aliphatic rings. The van der Waals surface area contributed by atoms with E-state index in [2.05, 4.69) is 20.6 Å². The molecule has 5 saturated carbocycles. The number of aliphatic hydroxyl groups excluding tert-OH is 2. The number of amides is 1. The number of hydrogen-bond donors (Lipinski definition) is 4. The quantitative estimate of drug-likeness (QED) is 0.546. The van der Waals surface area contributed by atoms with Crippen LogP contribution < -0.4 is 10.6 Å². The van der Waals surface area contributed by atoms with Crippen LogP contribution in [0.15, 0.2) is 12.4 Å². The van der Waals surface area contributed by atoms with Gasteiger partial charge in [-0.2, -0.15) is 0 Å². The summed E-state index contributed by atoms with van der Waals surface area (Å²) in [4.78, 5) is 21.4. The van der Waals surface area contributed by atoms with Crippen molar-refractivity contribution in [2.24, 2.45) is 22.7 Å². The molecule has 0 spiro atoms. The van der Waals surface area contributed by atoms with Crippen LogP contribution in [0, 0.1) is 22.7 Å². The monoisotopic (exact) mass is 417 g/mol. The fourth-order valence-corrected chi connectivity index (χ4v) is 6.46. The van der Waals surface area contributed by atoms with E-state index < -0.39 is 23.7 Å². The summed E-state index contributed by atoms with van der Waals surface area (Å²) in [5.74, 6) is 0.530. The highest BCUT2D eigenvalue weighted by molar-refractivity contribution is 6.30. The maximum absolute atomic E-state index is 12.4. The Balaban J connectivity index is 1.35. The molecule has 4 N–H and O–H groups in total. The fraction of sp³-hybridized carbons (Fsp3) is 0.650. The third-order valence-electron chi connectivity index (χ3n) is 7.96. The molecule has 2 heterocycles. The highest BCUT2D eigenvalue weighted by Gasteiger charge is 2.75. The van der Waals surface area contributed by atoms with E-state index in [0.717, 1.165) is 18.2 Å². The molecule has 2 aromatic heterocycles. The number of anilines is 1. The van der Waals surface area contributed by atoms with E-state index in [4.69, 9.17) is 11.6 Å². The van der Waals surface area contributed by atoms with Gasteiger partial charge in [0.05, 0.1) is 29.6 Å². The van der Waals surface area contributed by atoms with E-state index in [1.807, 2.05) is 0 Å². The molecule has 9 heteroatoms. The number of imidazole rings is 1. The lowest BCUT2D eigenvalue weighted by atomic mass is 9.44. The average molecular weight is 418 g/mol. The van der Waals surface area contributed by atoms with E-state index >= 15 is 0 Å². The Hall–Kier alpha value is -1.90. The van der Waals surface area contributed by atoms with Crippen molar-refractivity contribution >= 4 is 34.4 Å². The molecule has 0 aromatic carbocycles. The molecule has 2 aromatic rings. The first-order chi connectivity index (χ1) is 13.9. The highest BCUT2D eigenvalue weighted by Crippen LogP contribution is 2.68. The number of hydrogen-bond acceptors (Lipinski definition) is 6. The minimum absolute atomic E-state index is 0.164. The summed E-state index contributed by atoms with van der Waals surface area (Å²) in [5.41, 5.74) is 1.60. The van der Waals surface area contributed by atoms with Crippen LogP contribution in [0.4, 0.5) is 5.69 Å². The van der Waals surface area contributed by atoms with E-state index in [-0.39, 0.29) is 11.8 Å². The molecule has 5 aliphatic carbocycles. The Labute approximate surface area is 172 Å². The van der Waals surface area contributed by atoms with Crippen LogP contribution >= 0.6 is 11.6 Å². The zero-order valence-electron chi connectivity index (χ0n) is 16.1. The zero-order valence-corrected chi connectivity index (χ0v) is 16.9. The van der Waals surface area contributed by atoms with Crippen molar-refractivity contribution in [1.29, 1.82) is 0 Å². The molecule has 0 saturated heterocycles. The largest absolute Gasteiger partial charge is 0.389 e. The molecule has 0 radical (unpaired) electrons. The number of pyridine rings is 1. The normalized spacial score (nSPS) is 41.4. The predicted molar refractivity (Wildman–Crippen MR) is 106 cm³/mol. The molecule has 1 unspecified atom stereocenters. The number of carbonyl (C=O) groups is 1. The van der Waals surface area contributed by atoms with Crippen LogP contribution in [-0.4, -0.2) is 56.5 Å². The van der Waals surface area contributed by atoms with Crippen molar-refractivity contribution in [3.05, 3.63) is 17.5 Å². The highest BCUT2D eigenvalue weighted by atomic mass is 35.5. The minimum Gasteiger partial charge on any atom is -0.389 e. The first kappa shape index (κ1) is 17.9. The molecular weight excluding hydrogens is 394 g/mol. The van der Waals surface area contributed by atoms with Crippen molar-refractivity contribution in [3.8, 4) is 0 Å². The van der Waals surface area contributed by atoms with Crippen molar-refractivity contribution in [3.63, 3.8) is 0 Å². The van der Waals surface area contributed by atoms with Crippen molar-refractivity contribution in [2.75, 3.05) is 18.9 Å². The second-order valence-electron chi connectivity index (χ2n) is 9.50. The van der Waals surface area contributed by atoms with Crippen LogP contribution in [0.1, 0.15) is 31.7 Å². The third kappa shape index (κ3) is 2.20. The number of fused-ring (bicyclic) bond motifs is 2. The van der Waals surface area contributed by atoms with E-state index in [9.17, 15) is 15.0 Å². The number of aromatic nitrogens is 3. The van der Waals surface area contributed by atoms with Crippen LogP contribution in [0.25, 0.3) is 11.2 Å². The molecule has 8 nitrogen and oxygen atoms in total. The van der Waals surface area contributed by atoms with Crippen LogP contribution in [-0.2, 0) is 4.79 Å². The second-order valence-corrected chi connectivity index (χ2v) is 9.89. The summed E-state index contributed by atoms with van der Waals surface area (Å²) in [6.45, 7) is 0.902. The molecule has 1 amide bonds. The third-order valence-corrected chi connectivity index (χ3v) is 8.16. The summed E-state index contributed by atoms with van der Waals surface area (Å²) < 4.78 is 1.78. The van der Waals surface area contributed by atoms with Gasteiger partial charge in [0.25, 0.3) is 0 Å². The van der Waals surface area contributed by atoms with Crippen LogP contribution in [0.3, 0.4) is 0 Å². The summed E-state index contributed by atoms with van der Waals surface area (Å²) in [7, 11) is 1.55. The second kappa shape index (κ2) is 5.62. The van der Waals surface area contributed by atoms with Crippen molar-refractivity contribution < 1.29 is 15.0 Å². The summed E-state index contributed by atoms with van der Waals surface area (Å²) in [6, 6.07) is 1.32. The Morgan fingerprint density at radius 1 is 1.34 bits per heavy atom. The van der Waals surface area contributed by atoms with Gasteiger partial charge in [0, 0.05) is 25.6 Å². The smallest absolute Gasteiger partial charge is 0.229 e. The van der Waals surface area contributed by atoms with Crippen molar-refractivity contribution in [1.82, 2.24) is 19.9 Å². The summed E-state index contributed by atoms with van der Waals surface area (Å²) in [5, 5.41) is 27.8. The van der Waals surface area contributed by atoms with Gasteiger partial charge in [0.1, 0.15) is 16.8 Å². The minimum atomic E-state index is -1.11. The number of halogens is 1. The maximum Gasteiger partial charge on any atom is 0.229 e. The SMILES string of the molecule is CNC(=O)C12C[C@@H]1[C@@H](n1cnc3c(NCC45CC(C4)C5)cc(Cl)nc31)[C@H](O)[C@@H]2O. The van der Waals surface area contributed by atoms with E-state index in [1.165, 1.54) is 19.3 Å². The first-order valence-corrected chi connectivity index (χ1v) is 10.6. The molecule has 5 atom stereocenters. The fourth-order valence-electron chi connectivity index (χ4n) is 6.27. The van der Waals surface area contributed by atoms with Gasteiger partial charge in [0.2, 0.25) is 5.91 Å². The zero-order chi connectivity index (χ0) is 20.1. The van der Waals surface area contributed by atoms with Gasteiger partial charge in [-0.05, 0) is 37.0 Å². The molecule has 5 fully saturated rings. The van der Waals surface area contributed by atoms with Gasteiger partial charge in [0.15, 0.2) is 5.65 Å². The number of rotatable bonds is 5. The van der Waals surface area contributed by atoms with Gasteiger partial charge in [-0.3, -0.25) is 4.79 Å². The number of aliphatic hydroxyl groups is 2. The molecular formula is C20H24ClN5O3. The first-order valence-electron chi connectivity index (χ1n) is 10.2. The number of nitrogens with zero attached hydrogens (tertiary/aromatic N) is 3. The van der Waals surface area contributed by atoms with E-state index in [1.54, 1.807) is 24.0 Å². The average Bonchev–Trinajstić information content (AvgIpc) is 3.17. The van der Waals surface area contributed by atoms with Crippen LogP contribution in [0.2, 0.25) is 5.15 Å². The molecule has 0 aliphatic heterocycles. The Morgan fingerprint density at radius 3 is 2.76 bits per heavy atom. The molecule has 2 bridgehead atoms. The van der Waals surface area contributed by atoms with Gasteiger partial charge < -0.3 is 25.4 Å². The van der Waals surface area contributed by atoms with Crippen molar-refractivity contribution in [2.45, 2.75) is 43.9 Å². The lowest BCUT2D eigenvalue weighted by Crippen LogP contribution is -2.55. The summed E-state index contributed by atoms with van der Waals surface area (Å²) >= 11 is 6.31. The molecule has 29 heavy (non-hydrogen) atoms.